The second-order valence-electron chi connectivity index (χ2n) is 5.58. The van der Waals surface area contributed by atoms with Gasteiger partial charge in [-0.25, -0.2) is 0 Å². The summed E-state index contributed by atoms with van der Waals surface area (Å²) in [5, 5.41) is 0.523. The van der Waals surface area contributed by atoms with E-state index < -0.39 is 0 Å². The number of carbonyl (C=O) groups excluding carboxylic acids is 2. The Morgan fingerprint density at radius 1 is 0.957 bits per heavy atom. The molecule has 2 aromatic carbocycles. The van der Waals surface area contributed by atoms with Gasteiger partial charge < -0.3 is 4.79 Å². The molecular weight excluding hydrogens is 308 g/mol. The molecule has 0 unspecified atom stereocenters. The van der Waals surface area contributed by atoms with Gasteiger partial charge in [-0.15, -0.1) is 0 Å². The van der Waals surface area contributed by atoms with Gasteiger partial charge >= 0.3 is 0 Å². The number of aryl methyl sites for hydroxylation is 2. The number of halogens is 1. The van der Waals surface area contributed by atoms with Crippen LogP contribution in [0.15, 0.2) is 48.5 Å². The summed E-state index contributed by atoms with van der Waals surface area (Å²) in [7, 11) is 0. The maximum atomic E-state index is 10.8. The van der Waals surface area contributed by atoms with E-state index in [1.54, 1.807) is 31.2 Å². The molecule has 2 aromatic rings. The van der Waals surface area contributed by atoms with Crippen molar-refractivity contribution in [2.45, 2.75) is 40.0 Å². The molecule has 0 radical (unpaired) electrons. The average Bonchev–Trinajstić information content (AvgIpc) is 2.50. The Morgan fingerprint density at radius 2 is 1.57 bits per heavy atom. The normalized spacial score (nSPS) is 9.74. The van der Waals surface area contributed by atoms with Gasteiger partial charge in [0.25, 0.3) is 0 Å². The standard InChI is InChI=1S/C12H16O.C8H7ClO/c1-10-6-8-12(9-7-10)5-3-4-11(2)13;1-6(10)7-4-2-3-5-8(7)9/h6-9H,3-5H2,1-2H3;2-5H,1H3. The van der Waals surface area contributed by atoms with E-state index in [1.165, 1.54) is 18.1 Å². The van der Waals surface area contributed by atoms with Crippen LogP contribution in [0.1, 0.15) is 48.2 Å². The third-order valence-electron chi connectivity index (χ3n) is 3.37. The van der Waals surface area contributed by atoms with Crippen molar-refractivity contribution in [3.8, 4) is 0 Å². The Balaban J connectivity index is 0.000000238. The van der Waals surface area contributed by atoms with Gasteiger partial charge in [-0.2, -0.15) is 0 Å². The molecule has 0 aromatic heterocycles. The number of Topliss-reactive ketones (excluding diaryl/α,β-unsaturated/α-hetero) is 2. The summed E-state index contributed by atoms with van der Waals surface area (Å²) in [6, 6.07) is 15.5. The van der Waals surface area contributed by atoms with Crippen LogP contribution in [-0.2, 0) is 11.2 Å². The van der Waals surface area contributed by atoms with Crippen LogP contribution < -0.4 is 0 Å². The van der Waals surface area contributed by atoms with Crippen molar-refractivity contribution in [2.24, 2.45) is 0 Å². The molecule has 0 heterocycles. The summed E-state index contributed by atoms with van der Waals surface area (Å²) in [5.74, 6) is 0.290. The van der Waals surface area contributed by atoms with Crippen LogP contribution in [0.3, 0.4) is 0 Å². The third-order valence-corrected chi connectivity index (χ3v) is 3.70. The molecule has 0 N–H and O–H groups in total. The number of hydrogen-bond acceptors (Lipinski definition) is 2. The Morgan fingerprint density at radius 3 is 2.04 bits per heavy atom. The number of ketones is 2. The van der Waals surface area contributed by atoms with Gasteiger partial charge in [0, 0.05) is 12.0 Å². The fraction of sp³-hybridized carbons (Fsp3) is 0.300. The van der Waals surface area contributed by atoms with Crippen molar-refractivity contribution in [1.82, 2.24) is 0 Å². The fourth-order valence-corrected chi connectivity index (χ4v) is 2.31. The molecule has 2 nitrogen and oxygen atoms in total. The Bertz CT molecular complexity index is 645. The molecule has 0 spiro atoms. The quantitative estimate of drug-likeness (QED) is 0.683. The number of rotatable bonds is 5. The molecule has 0 aliphatic heterocycles. The molecule has 3 heteroatoms. The summed E-state index contributed by atoms with van der Waals surface area (Å²) < 4.78 is 0. The highest BCUT2D eigenvalue weighted by Gasteiger charge is 2.01. The minimum Gasteiger partial charge on any atom is -0.300 e. The van der Waals surface area contributed by atoms with Gasteiger partial charge in [-0.1, -0.05) is 53.6 Å². The molecule has 0 amide bonds. The zero-order valence-electron chi connectivity index (χ0n) is 13.9. The molecule has 0 saturated carbocycles. The first-order valence-corrected chi connectivity index (χ1v) is 8.08. The summed E-state index contributed by atoms with van der Waals surface area (Å²) in [4.78, 5) is 21.5. The van der Waals surface area contributed by atoms with Gasteiger partial charge in [0.1, 0.15) is 5.78 Å². The molecule has 23 heavy (non-hydrogen) atoms. The van der Waals surface area contributed by atoms with Crippen LogP contribution in [-0.4, -0.2) is 11.6 Å². The average molecular weight is 331 g/mol. The predicted molar refractivity (Wildman–Crippen MR) is 96.3 cm³/mol. The van der Waals surface area contributed by atoms with E-state index in [0.717, 1.165) is 12.8 Å². The van der Waals surface area contributed by atoms with Crippen LogP contribution in [0.4, 0.5) is 0 Å². The first-order chi connectivity index (χ1) is 10.9. The topological polar surface area (TPSA) is 34.1 Å². The summed E-state index contributed by atoms with van der Waals surface area (Å²) >= 11 is 5.70. The first-order valence-electron chi connectivity index (χ1n) is 7.70. The zero-order chi connectivity index (χ0) is 17.2. The van der Waals surface area contributed by atoms with Crippen molar-refractivity contribution in [3.05, 3.63) is 70.2 Å². The van der Waals surface area contributed by atoms with Gasteiger partial charge in [0.15, 0.2) is 5.78 Å². The van der Waals surface area contributed by atoms with E-state index in [2.05, 4.69) is 31.2 Å². The molecule has 2 rings (SSSR count). The molecule has 0 atom stereocenters. The molecule has 0 fully saturated rings. The van der Waals surface area contributed by atoms with Crippen LogP contribution in [0.25, 0.3) is 0 Å². The Kier molecular flexibility index (Phi) is 8.28. The first kappa shape index (κ1) is 19.1. The van der Waals surface area contributed by atoms with Gasteiger partial charge in [-0.3, -0.25) is 4.79 Å². The highest BCUT2D eigenvalue weighted by atomic mass is 35.5. The molecule has 0 bridgehead atoms. The Hall–Kier alpha value is -1.93. The Labute approximate surface area is 143 Å². The SMILES string of the molecule is CC(=O)CCCc1ccc(C)cc1.CC(=O)c1ccccc1Cl. The van der Waals surface area contributed by atoms with E-state index in [-0.39, 0.29) is 11.6 Å². The van der Waals surface area contributed by atoms with E-state index in [1.807, 2.05) is 0 Å². The maximum Gasteiger partial charge on any atom is 0.161 e. The highest BCUT2D eigenvalue weighted by Crippen LogP contribution is 2.14. The lowest BCUT2D eigenvalue weighted by molar-refractivity contribution is -0.117. The van der Waals surface area contributed by atoms with Crippen LogP contribution in [0.2, 0.25) is 5.02 Å². The highest BCUT2D eigenvalue weighted by molar-refractivity contribution is 6.33. The smallest absolute Gasteiger partial charge is 0.161 e. The number of carbonyl (C=O) groups is 2. The van der Waals surface area contributed by atoms with Crippen molar-refractivity contribution in [2.75, 3.05) is 0 Å². The summed E-state index contributed by atoms with van der Waals surface area (Å²) in [6.45, 7) is 5.23. The van der Waals surface area contributed by atoms with Crippen molar-refractivity contribution in [3.63, 3.8) is 0 Å². The number of benzene rings is 2. The van der Waals surface area contributed by atoms with Crippen LogP contribution in [0, 0.1) is 6.92 Å². The van der Waals surface area contributed by atoms with Gasteiger partial charge in [-0.05, 0) is 51.3 Å². The third kappa shape index (κ3) is 7.75. The van der Waals surface area contributed by atoms with Crippen LogP contribution in [0.5, 0.6) is 0 Å². The van der Waals surface area contributed by atoms with E-state index in [4.69, 9.17) is 11.6 Å². The lowest BCUT2D eigenvalue weighted by Crippen LogP contribution is -1.92. The van der Waals surface area contributed by atoms with E-state index >= 15 is 0 Å². The van der Waals surface area contributed by atoms with Crippen molar-refractivity contribution in [1.29, 1.82) is 0 Å². The monoisotopic (exact) mass is 330 g/mol. The van der Waals surface area contributed by atoms with Gasteiger partial charge in [0.05, 0.1) is 5.02 Å². The number of hydrogen-bond donors (Lipinski definition) is 0. The lowest BCUT2D eigenvalue weighted by Gasteiger charge is -2.00. The second-order valence-corrected chi connectivity index (χ2v) is 5.98. The molecule has 122 valence electrons. The molecule has 0 aliphatic rings. The summed E-state index contributed by atoms with van der Waals surface area (Å²) in [5.41, 5.74) is 3.20. The van der Waals surface area contributed by atoms with E-state index in [9.17, 15) is 9.59 Å². The molecule has 0 saturated heterocycles. The maximum absolute atomic E-state index is 10.8. The molecular formula is C20H23ClO2. The molecule has 0 aliphatic carbocycles. The zero-order valence-corrected chi connectivity index (χ0v) is 14.7. The van der Waals surface area contributed by atoms with Gasteiger partial charge in [0.2, 0.25) is 0 Å². The van der Waals surface area contributed by atoms with E-state index in [0.29, 0.717) is 17.0 Å². The second kappa shape index (κ2) is 9.96. The minimum absolute atomic E-state index is 0.00519. The fourth-order valence-electron chi connectivity index (χ4n) is 2.04. The van der Waals surface area contributed by atoms with Crippen LogP contribution >= 0.6 is 11.6 Å². The largest absolute Gasteiger partial charge is 0.300 e. The van der Waals surface area contributed by atoms with Crippen molar-refractivity contribution >= 4 is 23.2 Å². The predicted octanol–water partition coefficient (Wildman–Crippen LogP) is 5.45. The van der Waals surface area contributed by atoms with Crippen molar-refractivity contribution < 1.29 is 9.59 Å². The lowest BCUT2D eigenvalue weighted by atomic mass is 10.1. The minimum atomic E-state index is 0.00519. The summed E-state index contributed by atoms with van der Waals surface area (Å²) in [6.07, 6.45) is 2.69.